The Morgan fingerprint density at radius 2 is 1.96 bits per heavy atom. The van der Waals surface area contributed by atoms with Crippen LogP contribution in [0.4, 0.5) is 0 Å². The van der Waals surface area contributed by atoms with Crippen LogP contribution in [0.3, 0.4) is 0 Å². The van der Waals surface area contributed by atoms with Crippen LogP contribution >= 0.6 is 0 Å². The Bertz CT molecular complexity index is 1000. The van der Waals surface area contributed by atoms with E-state index in [4.69, 9.17) is 4.74 Å². The highest BCUT2D eigenvalue weighted by molar-refractivity contribution is 7.88. The molecule has 150 valence electrons. The second-order valence-corrected chi connectivity index (χ2v) is 9.00. The minimum atomic E-state index is -3.53. The van der Waals surface area contributed by atoms with Crippen LogP contribution < -0.4 is 10.1 Å². The summed E-state index contributed by atoms with van der Waals surface area (Å²) in [4.78, 5) is 17.3. The number of carbonyl (C=O) groups is 1. The average Bonchev–Trinajstić information content (AvgIpc) is 2.66. The molecule has 28 heavy (non-hydrogen) atoms. The number of fused-ring (bicyclic) bond motifs is 1. The molecule has 0 spiro atoms. The van der Waals surface area contributed by atoms with Crippen molar-refractivity contribution in [1.29, 1.82) is 0 Å². The molecule has 1 aliphatic rings. The summed E-state index contributed by atoms with van der Waals surface area (Å²) in [5.74, 6) is 0.407. The maximum atomic E-state index is 12.9. The number of aryl methyl sites for hydroxylation is 1. The molecule has 0 saturated heterocycles. The van der Waals surface area contributed by atoms with Crippen molar-refractivity contribution in [2.45, 2.75) is 39.4 Å². The Labute approximate surface area is 165 Å². The molecular formula is C20H25N3O4S. The van der Waals surface area contributed by atoms with Crippen LogP contribution in [0.25, 0.3) is 0 Å². The molecule has 8 heteroatoms. The maximum absolute atomic E-state index is 12.9. The molecule has 1 aromatic carbocycles. The summed E-state index contributed by atoms with van der Waals surface area (Å²) < 4.78 is 31.2. The number of nitrogens with zero attached hydrogens (tertiary/aromatic N) is 2. The lowest BCUT2D eigenvalue weighted by Gasteiger charge is -2.34. The van der Waals surface area contributed by atoms with Gasteiger partial charge in [0.2, 0.25) is 15.9 Å². The summed E-state index contributed by atoms with van der Waals surface area (Å²) in [7, 11) is -1.93. The van der Waals surface area contributed by atoms with Crippen molar-refractivity contribution in [3.8, 4) is 5.75 Å². The number of carbonyl (C=O) groups excluding carboxylic acids is 1. The number of methoxy groups -OCH3 is 1. The Morgan fingerprint density at radius 3 is 2.61 bits per heavy atom. The standard InChI is InChI=1S/C20H25N3O4S/c1-13-10-21-17(14(2)19(13)27-3)11-22-20(24)18-9-15-7-5-6-8-16(15)12-23(18)28(4,25)26/h5-8,10,18H,9,11-12H2,1-4H3,(H,22,24). The van der Waals surface area contributed by atoms with Gasteiger partial charge in [-0.15, -0.1) is 0 Å². The van der Waals surface area contributed by atoms with Crippen LogP contribution in [-0.2, 0) is 34.3 Å². The molecule has 0 saturated carbocycles. The van der Waals surface area contributed by atoms with Gasteiger partial charge in [0.1, 0.15) is 11.8 Å². The summed E-state index contributed by atoms with van der Waals surface area (Å²) in [5.41, 5.74) is 4.39. The van der Waals surface area contributed by atoms with E-state index in [-0.39, 0.29) is 19.0 Å². The van der Waals surface area contributed by atoms with Crippen LogP contribution in [-0.4, -0.2) is 43.0 Å². The van der Waals surface area contributed by atoms with E-state index in [0.717, 1.165) is 34.3 Å². The van der Waals surface area contributed by atoms with E-state index < -0.39 is 16.1 Å². The quantitative estimate of drug-likeness (QED) is 0.821. The van der Waals surface area contributed by atoms with Gasteiger partial charge in [-0.25, -0.2) is 8.42 Å². The Hall–Kier alpha value is -2.45. The SMILES string of the molecule is COc1c(C)cnc(CNC(=O)C2Cc3ccccc3CN2S(C)(=O)=O)c1C. The third-order valence-corrected chi connectivity index (χ3v) is 6.35. The Balaban J connectivity index is 1.81. The Kier molecular flexibility index (Phi) is 5.71. The number of ether oxygens (including phenoxy) is 1. The van der Waals surface area contributed by atoms with Gasteiger partial charge in [0.05, 0.1) is 25.6 Å². The number of benzene rings is 1. The normalized spacial score (nSPS) is 17.1. The summed E-state index contributed by atoms with van der Waals surface area (Å²) >= 11 is 0. The third-order valence-electron chi connectivity index (χ3n) is 5.11. The largest absolute Gasteiger partial charge is 0.496 e. The van der Waals surface area contributed by atoms with Gasteiger partial charge in [0.15, 0.2) is 0 Å². The smallest absolute Gasteiger partial charge is 0.239 e. The second kappa shape index (κ2) is 7.89. The molecule has 1 atom stereocenters. The van der Waals surface area contributed by atoms with Gasteiger partial charge >= 0.3 is 0 Å². The van der Waals surface area contributed by atoms with E-state index in [2.05, 4.69) is 10.3 Å². The van der Waals surface area contributed by atoms with Crippen molar-refractivity contribution in [2.24, 2.45) is 0 Å². The van der Waals surface area contributed by atoms with Crippen LogP contribution in [0.2, 0.25) is 0 Å². The predicted octanol–water partition coefficient (Wildman–Crippen LogP) is 1.71. The number of nitrogens with one attached hydrogen (secondary N) is 1. The first kappa shape index (κ1) is 20.3. The lowest BCUT2D eigenvalue weighted by Crippen LogP contribution is -2.52. The van der Waals surface area contributed by atoms with E-state index >= 15 is 0 Å². The lowest BCUT2D eigenvalue weighted by molar-refractivity contribution is -0.125. The minimum Gasteiger partial charge on any atom is -0.496 e. The van der Waals surface area contributed by atoms with Crippen molar-refractivity contribution < 1.29 is 17.9 Å². The summed E-state index contributed by atoms with van der Waals surface area (Å²) in [6, 6.07) is 6.83. The van der Waals surface area contributed by atoms with Gasteiger partial charge < -0.3 is 10.1 Å². The fourth-order valence-electron chi connectivity index (χ4n) is 3.61. The number of hydrogen-bond acceptors (Lipinski definition) is 5. The van der Waals surface area contributed by atoms with E-state index in [0.29, 0.717) is 12.1 Å². The molecule has 1 aliphatic heterocycles. The van der Waals surface area contributed by atoms with Gasteiger partial charge in [-0.2, -0.15) is 4.31 Å². The van der Waals surface area contributed by atoms with Crippen molar-refractivity contribution in [3.63, 3.8) is 0 Å². The van der Waals surface area contributed by atoms with E-state index in [1.54, 1.807) is 13.3 Å². The molecule has 2 aromatic rings. The van der Waals surface area contributed by atoms with E-state index in [1.807, 2.05) is 38.1 Å². The van der Waals surface area contributed by atoms with Crippen molar-refractivity contribution >= 4 is 15.9 Å². The zero-order chi connectivity index (χ0) is 20.5. The topological polar surface area (TPSA) is 88.6 Å². The van der Waals surface area contributed by atoms with Crippen LogP contribution in [0.15, 0.2) is 30.5 Å². The fourth-order valence-corrected chi connectivity index (χ4v) is 4.62. The van der Waals surface area contributed by atoms with Gasteiger partial charge in [-0.3, -0.25) is 9.78 Å². The lowest BCUT2D eigenvalue weighted by atomic mass is 9.95. The van der Waals surface area contributed by atoms with Crippen molar-refractivity contribution in [3.05, 3.63) is 58.4 Å². The molecule has 0 aliphatic carbocycles. The predicted molar refractivity (Wildman–Crippen MR) is 106 cm³/mol. The maximum Gasteiger partial charge on any atom is 0.239 e. The third kappa shape index (κ3) is 4.02. The van der Waals surface area contributed by atoms with Gasteiger partial charge in [0, 0.05) is 23.9 Å². The van der Waals surface area contributed by atoms with Gasteiger partial charge in [-0.1, -0.05) is 24.3 Å². The van der Waals surface area contributed by atoms with Crippen LogP contribution in [0.1, 0.15) is 27.9 Å². The average molecular weight is 404 g/mol. The molecule has 0 radical (unpaired) electrons. The molecule has 0 bridgehead atoms. The number of hydrogen-bond donors (Lipinski definition) is 1. The molecule has 7 nitrogen and oxygen atoms in total. The second-order valence-electron chi connectivity index (χ2n) is 7.06. The summed E-state index contributed by atoms with van der Waals surface area (Å²) in [6.07, 6.45) is 3.18. The van der Waals surface area contributed by atoms with Crippen molar-refractivity contribution in [1.82, 2.24) is 14.6 Å². The first-order valence-electron chi connectivity index (χ1n) is 9.02. The van der Waals surface area contributed by atoms with E-state index in [1.165, 1.54) is 4.31 Å². The zero-order valence-electron chi connectivity index (χ0n) is 16.5. The molecule has 3 rings (SSSR count). The first-order valence-corrected chi connectivity index (χ1v) is 10.9. The monoisotopic (exact) mass is 403 g/mol. The fraction of sp³-hybridized carbons (Fsp3) is 0.400. The van der Waals surface area contributed by atoms with E-state index in [9.17, 15) is 13.2 Å². The molecule has 1 amide bonds. The first-order chi connectivity index (χ1) is 13.2. The highest BCUT2D eigenvalue weighted by atomic mass is 32.2. The number of aromatic nitrogens is 1. The van der Waals surface area contributed by atoms with Crippen LogP contribution in [0.5, 0.6) is 5.75 Å². The molecule has 2 heterocycles. The summed E-state index contributed by atoms with van der Waals surface area (Å²) in [6.45, 7) is 4.20. The number of sulfonamides is 1. The highest BCUT2D eigenvalue weighted by Crippen LogP contribution is 2.26. The summed E-state index contributed by atoms with van der Waals surface area (Å²) in [5, 5.41) is 2.85. The molecular weight excluding hydrogens is 378 g/mol. The van der Waals surface area contributed by atoms with Crippen molar-refractivity contribution in [2.75, 3.05) is 13.4 Å². The highest BCUT2D eigenvalue weighted by Gasteiger charge is 2.36. The number of pyridine rings is 1. The molecule has 1 N–H and O–H groups in total. The minimum absolute atomic E-state index is 0.197. The van der Waals surface area contributed by atoms with Gasteiger partial charge in [-0.05, 0) is 31.4 Å². The Morgan fingerprint density at radius 1 is 1.29 bits per heavy atom. The van der Waals surface area contributed by atoms with Crippen LogP contribution in [0, 0.1) is 13.8 Å². The van der Waals surface area contributed by atoms with Gasteiger partial charge in [0.25, 0.3) is 0 Å². The number of amides is 1. The number of rotatable bonds is 5. The molecule has 0 fully saturated rings. The zero-order valence-corrected chi connectivity index (χ0v) is 17.3. The molecule has 1 aromatic heterocycles. The molecule has 1 unspecified atom stereocenters.